The zero-order valence-electron chi connectivity index (χ0n) is 9.97. The summed E-state index contributed by atoms with van der Waals surface area (Å²) in [5.41, 5.74) is 1.53. The summed E-state index contributed by atoms with van der Waals surface area (Å²) in [6.07, 6.45) is 0. The van der Waals surface area contributed by atoms with Gasteiger partial charge in [0.1, 0.15) is 10.6 Å². The van der Waals surface area contributed by atoms with Crippen molar-refractivity contribution < 1.29 is 9.53 Å². The van der Waals surface area contributed by atoms with Gasteiger partial charge in [0.15, 0.2) is 5.78 Å². The van der Waals surface area contributed by atoms with E-state index >= 15 is 0 Å². The summed E-state index contributed by atoms with van der Waals surface area (Å²) in [7, 11) is 1.57. The summed E-state index contributed by atoms with van der Waals surface area (Å²) < 4.78 is 5.21. The lowest BCUT2D eigenvalue weighted by Crippen LogP contribution is -2.08. The molecule has 3 heteroatoms. The summed E-state index contributed by atoms with van der Waals surface area (Å²) >= 11 is 3.45. The molecule has 0 aliphatic heterocycles. The maximum Gasteiger partial charge on any atom is 0.184 e. The first-order valence-electron chi connectivity index (χ1n) is 5.60. The highest BCUT2D eigenvalue weighted by Crippen LogP contribution is 2.30. The van der Waals surface area contributed by atoms with Crippen molar-refractivity contribution in [1.82, 2.24) is 0 Å². The second kappa shape index (κ2) is 5.83. The van der Waals surface area contributed by atoms with E-state index in [1.54, 1.807) is 19.2 Å². The topological polar surface area (TPSA) is 26.3 Å². The van der Waals surface area contributed by atoms with Crippen LogP contribution in [0.25, 0.3) is 0 Å². The Kier molecular flexibility index (Phi) is 4.15. The minimum absolute atomic E-state index is 0.00125. The van der Waals surface area contributed by atoms with Crippen molar-refractivity contribution >= 4 is 21.7 Å². The van der Waals surface area contributed by atoms with Gasteiger partial charge >= 0.3 is 0 Å². The van der Waals surface area contributed by atoms with Gasteiger partial charge in [0.2, 0.25) is 0 Å². The van der Waals surface area contributed by atoms with Gasteiger partial charge in [-0.25, -0.2) is 0 Å². The minimum Gasteiger partial charge on any atom is -0.496 e. The van der Waals surface area contributed by atoms with Crippen molar-refractivity contribution in [2.75, 3.05) is 7.11 Å². The number of halogens is 1. The zero-order chi connectivity index (χ0) is 13.0. The lowest BCUT2D eigenvalue weighted by atomic mass is 10.0. The van der Waals surface area contributed by atoms with Crippen LogP contribution in [0, 0.1) is 0 Å². The fourth-order valence-electron chi connectivity index (χ4n) is 1.76. The van der Waals surface area contributed by atoms with Crippen LogP contribution in [0.15, 0.2) is 54.6 Å². The van der Waals surface area contributed by atoms with Crippen LogP contribution in [-0.4, -0.2) is 12.9 Å². The van der Waals surface area contributed by atoms with Crippen molar-refractivity contribution in [3.63, 3.8) is 0 Å². The van der Waals surface area contributed by atoms with Gasteiger partial charge in [-0.2, -0.15) is 0 Å². The maximum atomic E-state index is 12.4. The van der Waals surface area contributed by atoms with Gasteiger partial charge in [-0.05, 0) is 17.7 Å². The molecule has 2 nitrogen and oxygen atoms in total. The number of rotatable bonds is 4. The van der Waals surface area contributed by atoms with E-state index in [2.05, 4.69) is 15.9 Å². The van der Waals surface area contributed by atoms with Gasteiger partial charge in [0, 0.05) is 0 Å². The van der Waals surface area contributed by atoms with E-state index in [1.807, 2.05) is 42.5 Å². The number of para-hydroxylation sites is 1. The van der Waals surface area contributed by atoms with E-state index < -0.39 is 0 Å². The number of methoxy groups -OCH3 is 1. The van der Waals surface area contributed by atoms with E-state index in [0.717, 1.165) is 5.56 Å². The normalized spacial score (nSPS) is 11.9. The van der Waals surface area contributed by atoms with E-state index in [4.69, 9.17) is 4.74 Å². The standard InChI is InChI=1S/C15H13BrO2/c1-18-13-10-6-5-9-12(13)15(17)14(16)11-7-3-2-4-8-11/h2-10,14H,1H3. The highest BCUT2D eigenvalue weighted by molar-refractivity contribution is 9.09. The van der Waals surface area contributed by atoms with Gasteiger partial charge in [-0.15, -0.1) is 0 Å². The molecule has 0 spiro atoms. The Bertz CT molecular complexity index is 537. The monoisotopic (exact) mass is 304 g/mol. The number of ether oxygens (including phenoxy) is 1. The number of benzene rings is 2. The molecular weight excluding hydrogens is 292 g/mol. The Morgan fingerprint density at radius 1 is 1.06 bits per heavy atom. The smallest absolute Gasteiger partial charge is 0.184 e. The predicted molar refractivity (Wildman–Crippen MR) is 75.4 cm³/mol. The third kappa shape index (κ3) is 2.62. The zero-order valence-corrected chi connectivity index (χ0v) is 11.6. The molecule has 18 heavy (non-hydrogen) atoms. The van der Waals surface area contributed by atoms with Crippen molar-refractivity contribution in [3.8, 4) is 5.75 Å². The highest BCUT2D eigenvalue weighted by atomic mass is 79.9. The molecule has 0 aromatic heterocycles. The average molecular weight is 305 g/mol. The molecule has 92 valence electrons. The molecule has 0 saturated carbocycles. The first-order chi connectivity index (χ1) is 8.74. The second-order valence-corrected chi connectivity index (χ2v) is 4.75. The van der Waals surface area contributed by atoms with Gasteiger partial charge in [0.05, 0.1) is 12.7 Å². The molecular formula is C15H13BrO2. The first kappa shape index (κ1) is 12.8. The molecule has 0 aliphatic carbocycles. The van der Waals surface area contributed by atoms with E-state index in [1.165, 1.54) is 0 Å². The fraction of sp³-hybridized carbons (Fsp3) is 0.133. The molecule has 0 fully saturated rings. The van der Waals surface area contributed by atoms with E-state index in [0.29, 0.717) is 11.3 Å². The molecule has 1 atom stereocenters. The number of Topliss-reactive ketones (excluding diaryl/α,β-unsaturated/α-hetero) is 1. The van der Waals surface area contributed by atoms with Crippen molar-refractivity contribution in [2.24, 2.45) is 0 Å². The molecule has 0 saturated heterocycles. The van der Waals surface area contributed by atoms with Gasteiger partial charge in [0.25, 0.3) is 0 Å². The largest absolute Gasteiger partial charge is 0.496 e. The molecule has 2 aromatic carbocycles. The molecule has 0 heterocycles. The summed E-state index contributed by atoms with van der Waals surface area (Å²) in [5.74, 6) is 0.599. The Balaban J connectivity index is 2.32. The van der Waals surface area contributed by atoms with Crippen LogP contribution >= 0.6 is 15.9 Å². The Morgan fingerprint density at radius 3 is 2.33 bits per heavy atom. The lowest BCUT2D eigenvalue weighted by Gasteiger charge is -2.12. The second-order valence-electron chi connectivity index (χ2n) is 3.84. The predicted octanol–water partition coefficient (Wildman–Crippen LogP) is 4.01. The quantitative estimate of drug-likeness (QED) is 0.630. The van der Waals surface area contributed by atoms with Crippen molar-refractivity contribution in [2.45, 2.75) is 4.83 Å². The van der Waals surface area contributed by atoms with E-state index in [9.17, 15) is 4.79 Å². The third-order valence-corrected chi connectivity index (χ3v) is 3.64. The van der Waals surface area contributed by atoms with Crippen molar-refractivity contribution in [3.05, 3.63) is 65.7 Å². The first-order valence-corrected chi connectivity index (χ1v) is 6.52. The van der Waals surface area contributed by atoms with Crippen molar-refractivity contribution in [1.29, 1.82) is 0 Å². The molecule has 0 bridgehead atoms. The third-order valence-electron chi connectivity index (χ3n) is 2.69. The summed E-state index contributed by atoms with van der Waals surface area (Å²) in [5, 5.41) is 0. The fourth-order valence-corrected chi connectivity index (χ4v) is 2.31. The molecule has 2 rings (SSSR count). The lowest BCUT2D eigenvalue weighted by molar-refractivity contribution is 0.0988. The number of carbonyl (C=O) groups is 1. The summed E-state index contributed by atoms with van der Waals surface area (Å²) in [4.78, 5) is 12.0. The van der Waals surface area contributed by atoms with Crippen LogP contribution in [0.3, 0.4) is 0 Å². The number of hydrogen-bond acceptors (Lipinski definition) is 2. The number of hydrogen-bond donors (Lipinski definition) is 0. The van der Waals surface area contributed by atoms with Crippen LogP contribution in [0.1, 0.15) is 20.7 Å². The van der Waals surface area contributed by atoms with Gasteiger partial charge in [-0.3, -0.25) is 4.79 Å². The molecule has 0 amide bonds. The van der Waals surface area contributed by atoms with Crippen LogP contribution in [-0.2, 0) is 0 Å². The molecule has 0 radical (unpaired) electrons. The Hall–Kier alpha value is -1.61. The van der Waals surface area contributed by atoms with Crippen LogP contribution in [0.4, 0.5) is 0 Å². The maximum absolute atomic E-state index is 12.4. The van der Waals surface area contributed by atoms with Gasteiger partial charge < -0.3 is 4.74 Å². The van der Waals surface area contributed by atoms with Crippen LogP contribution in [0.2, 0.25) is 0 Å². The minimum atomic E-state index is -0.352. The molecule has 1 unspecified atom stereocenters. The van der Waals surface area contributed by atoms with Gasteiger partial charge in [-0.1, -0.05) is 58.4 Å². The highest BCUT2D eigenvalue weighted by Gasteiger charge is 2.21. The Morgan fingerprint density at radius 2 is 1.67 bits per heavy atom. The van der Waals surface area contributed by atoms with Crippen LogP contribution < -0.4 is 4.74 Å². The summed E-state index contributed by atoms with van der Waals surface area (Å²) in [6.45, 7) is 0. The number of alkyl halides is 1. The number of carbonyl (C=O) groups excluding carboxylic acids is 1. The molecule has 2 aromatic rings. The molecule has 0 N–H and O–H groups in total. The summed E-state index contributed by atoms with van der Waals surface area (Å²) in [6, 6.07) is 16.9. The Labute approximate surface area is 115 Å². The van der Waals surface area contributed by atoms with Crippen LogP contribution in [0.5, 0.6) is 5.75 Å². The van der Waals surface area contributed by atoms with E-state index in [-0.39, 0.29) is 10.6 Å². The SMILES string of the molecule is COc1ccccc1C(=O)C(Br)c1ccccc1. The number of ketones is 1. The molecule has 0 aliphatic rings. The average Bonchev–Trinajstić information content (AvgIpc) is 2.46.